The van der Waals surface area contributed by atoms with E-state index in [0.717, 1.165) is 18.5 Å². The second kappa shape index (κ2) is 8.19. The predicted octanol–water partition coefficient (Wildman–Crippen LogP) is 5.42. The number of hydrogen-bond donors (Lipinski definition) is 2. The molecule has 0 radical (unpaired) electrons. The summed E-state index contributed by atoms with van der Waals surface area (Å²) < 4.78 is 40.5. The van der Waals surface area contributed by atoms with Crippen LogP contribution in [0.3, 0.4) is 0 Å². The van der Waals surface area contributed by atoms with Gasteiger partial charge in [-0.25, -0.2) is 9.97 Å². The van der Waals surface area contributed by atoms with Gasteiger partial charge in [0.1, 0.15) is 12.1 Å². The van der Waals surface area contributed by atoms with E-state index in [-0.39, 0.29) is 17.3 Å². The summed E-state index contributed by atoms with van der Waals surface area (Å²) >= 11 is 6.05. The molecule has 29 heavy (non-hydrogen) atoms. The molecular formula is C17H11ClF3N5O3. The van der Waals surface area contributed by atoms with E-state index in [1.807, 2.05) is 0 Å². The smallest absolute Gasteiger partial charge is 0.406 e. The third-order valence-corrected chi connectivity index (χ3v) is 3.81. The van der Waals surface area contributed by atoms with Crippen LogP contribution >= 0.6 is 11.6 Å². The average molecular weight is 426 g/mol. The minimum absolute atomic E-state index is 0.113. The molecule has 2 N–H and O–H groups in total. The van der Waals surface area contributed by atoms with Crippen LogP contribution in [0.2, 0.25) is 5.02 Å². The first-order chi connectivity index (χ1) is 13.7. The van der Waals surface area contributed by atoms with Crippen molar-refractivity contribution in [1.29, 1.82) is 0 Å². The molecule has 0 saturated heterocycles. The first-order valence-corrected chi connectivity index (χ1v) is 8.24. The molecule has 0 fully saturated rings. The van der Waals surface area contributed by atoms with Crippen LogP contribution in [0, 0.1) is 10.1 Å². The van der Waals surface area contributed by atoms with E-state index in [0.29, 0.717) is 10.7 Å². The molecule has 1 heterocycles. The lowest BCUT2D eigenvalue weighted by Gasteiger charge is -2.12. The molecule has 0 aliphatic rings. The normalized spacial score (nSPS) is 11.0. The van der Waals surface area contributed by atoms with Crippen LogP contribution in [0.25, 0.3) is 0 Å². The van der Waals surface area contributed by atoms with Crippen LogP contribution < -0.4 is 15.4 Å². The fourth-order valence-electron chi connectivity index (χ4n) is 2.30. The molecule has 2 aromatic carbocycles. The van der Waals surface area contributed by atoms with Crippen molar-refractivity contribution < 1.29 is 22.8 Å². The number of nitro groups is 1. The van der Waals surface area contributed by atoms with Gasteiger partial charge in [-0.1, -0.05) is 23.7 Å². The molecule has 0 unspecified atom stereocenters. The fourth-order valence-corrected chi connectivity index (χ4v) is 2.48. The topological polar surface area (TPSA) is 102 Å². The lowest BCUT2D eigenvalue weighted by molar-refractivity contribution is -0.383. The lowest BCUT2D eigenvalue weighted by Crippen LogP contribution is -2.17. The molecule has 0 amide bonds. The number of ether oxygens (including phenoxy) is 1. The number of anilines is 4. The zero-order valence-corrected chi connectivity index (χ0v) is 15.0. The van der Waals surface area contributed by atoms with Crippen LogP contribution in [0.1, 0.15) is 0 Å². The van der Waals surface area contributed by atoms with Crippen molar-refractivity contribution >= 4 is 40.3 Å². The SMILES string of the molecule is O=[N+]([O-])c1c(Nc2ccc(OC(F)(F)F)cc2)ncnc1Nc1ccccc1Cl. The van der Waals surface area contributed by atoms with Gasteiger partial charge in [0.05, 0.1) is 15.6 Å². The van der Waals surface area contributed by atoms with Crippen molar-refractivity contribution in [1.82, 2.24) is 9.97 Å². The Bertz CT molecular complexity index is 1030. The summed E-state index contributed by atoms with van der Waals surface area (Å²) in [6.45, 7) is 0. The van der Waals surface area contributed by atoms with Crippen molar-refractivity contribution in [3.05, 3.63) is 70.0 Å². The number of halogens is 4. The van der Waals surface area contributed by atoms with Gasteiger partial charge in [-0.2, -0.15) is 0 Å². The molecule has 0 atom stereocenters. The van der Waals surface area contributed by atoms with E-state index in [1.54, 1.807) is 24.3 Å². The quantitative estimate of drug-likeness (QED) is 0.401. The minimum atomic E-state index is -4.82. The Morgan fingerprint density at radius 3 is 2.21 bits per heavy atom. The molecule has 0 spiro atoms. The van der Waals surface area contributed by atoms with E-state index in [2.05, 4.69) is 25.3 Å². The van der Waals surface area contributed by atoms with Crippen molar-refractivity contribution in [2.45, 2.75) is 6.36 Å². The largest absolute Gasteiger partial charge is 0.573 e. The van der Waals surface area contributed by atoms with Gasteiger partial charge in [-0.15, -0.1) is 13.2 Å². The highest BCUT2D eigenvalue weighted by molar-refractivity contribution is 6.33. The average Bonchev–Trinajstić information content (AvgIpc) is 2.64. The zero-order valence-electron chi connectivity index (χ0n) is 14.3. The van der Waals surface area contributed by atoms with E-state index in [1.165, 1.54) is 12.1 Å². The summed E-state index contributed by atoms with van der Waals surface area (Å²) in [5.41, 5.74) is 0.184. The third kappa shape index (κ3) is 5.23. The molecule has 12 heteroatoms. The molecule has 0 saturated carbocycles. The van der Waals surface area contributed by atoms with Crippen molar-refractivity contribution in [3.8, 4) is 5.75 Å². The summed E-state index contributed by atoms with van der Waals surface area (Å²) in [5, 5.41) is 17.4. The summed E-state index contributed by atoms with van der Waals surface area (Å²) in [6, 6.07) is 11.2. The lowest BCUT2D eigenvalue weighted by atomic mass is 10.3. The van der Waals surface area contributed by atoms with Crippen molar-refractivity contribution in [2.75, 3.05) is 10.6 Å². The van der Waals surface area contributed by atoms with E-state index >= 15 is 0 Å². The Morgan fingerprint density at radius 2 is 1.62 bits per heavy atom. The number of para-hydroxylation sites is 1. The maximum atomic E-state index is 12.2. The number of alkyl halides is 3. The maximum Gasteiger partial charge on any atom is 0.573 e. The number of hydrogen-bond acceptors (Lipinski definition) is 7. The van der Waals surface area contributed by atoms with Crippen LogP contribution in [0.5, 0.6) is 5.75 Å². The van der Waals surface area contributed by atoms with E-state index in [4.69, 9.17) is 11.6 Å². The molecule has 3 aromatic rings. The molecule has 1 aromatic heterocycles. The van der Waals surface area contributed by atoms with Gasteiger partial charge in [0, 0.05) is 5.69 Å². The third-order valence-electron chi connectivity index (χ3n) is 3.48. The van der Waals surface area contributed by atoms with Gasteiger partial charge >= 0.3 is 12.0 Å². The highest BCUT2D eigenvalue weighted by Gasteiger charge is 2.31. The molecule has 0 bridgehead atoms. The van der Waals surface area contributed by atoms with Gasteiger partial charge in [0.15, 0.2) is 0 Å². The molecule has 150 valence electrons. The first-order valence-electron chi connectivity index (χ1n) is 7.87. The highest BCUT2D eigenvalue weighted by atomic mass is 35.5. The Hall–Kier alpha value is -3.60. The number of rotatable bonds is 6. The maximum absolute atomic E-state index is 12.2. The Balaban J connectivity index is 1.88. The van der Waals surface area contributed by atoms with Crippen LogP contribution in [0.15, 0.2) is 54.9 Å². The number of benzene rings is 2. The Kier molecular flexibility index (Phi) is 5.69. The van der Waals surface area contributed by atoms with Crippen LogP contribution in [-0.4, -0.2) is 21.3 Å². The molecule has 8 nitrogen and oxygen atoms in total. The van der Waals surface area contributed by atoms with Crippen LogP contribution in [-0.2, 0) is 0 Å². The number of nitrogens with zero attached hydrogens (tertiary/aromatic N) is 3. The predicted molar refractivity (Wildman–Crippen MR) is 99.8 cm³/mol. The monoisotopic (exact) mass is 425 g/mol. The highest BCUT2D eigenvalue weighted by Crippen LogP contribution is 2.35. The second-order valence-electron chi connectivity index (χ2n) is 5.48. The van der Waals surface area contributed by atoms with Gasteiger partial charge in [-0.3, -0.25) is 10.1 Å². The second-order valence-corrected chi connectivity index (χ2v) is 5.89. The molecule has 0 aliphatic carbocycles. The summed E-state index contributed by atoms with van der Waals surface area (Å²) in [5.74, 6) is -0.706. The molecular weight excluding hydrogens is 415 g/mol. The van der Waals surface area contributed by atoms with E-state index in [9.17, 15) is 23.3 Å². The van der Waals surface area contributed by atoms with Gasteiger partial charge in [0.2, 0.25) is 11.6 Å². The van der Waals surface area contributed by atoms with E-state index < -0.39 is 22.7 Å². The fraction of sp³-hybridized carbons (Fsp3) is 0.0588. The number of aromatic nitrogens is 2. The Morgan fingerprint density at radius 1 is 1.00 bits per heavy atom. The summed E-state index contributed by atoms with van der Waals surface area (Å²) in [4.78, 5) is 18.6. The van der Waals surface area contributed by atoms with Gasteiger partial charge < -0.3 is 15.4 Å². The number of nitrogens with one attached hydrogen (secondary N) is 2. The molecule has 0 aliphatic heterocycles. The Labute approximate surface area is 166 Å². The zero-order chi connectivity index (χ0) is 21.0. The van der Waals surface area contributed by atoms with Crippen molar-refractivity contribution in [2.24, 2.45) is 0 Å². The summed E-state index contributed by atoms with van der Waals surface area (Å²) in [6.07, 6.45) is -3.73. The van der Waals surface area contributed by atoms with Crippen LogP contribution in [0.4, 0.5) is 41.9 Å². The standard InChI is InChI=1S/C17H11ClF3N5O3/c18-12-3-1-2-4-13(12)25-16-14(26(27)28)15(22-9-23-16)24-10-5-7-11(8-6-10)29-17(19,20)21/h1-9H,(H2,22,23,24,25). The summed E-state index contributed by atoms with van der Waals surface area (Å²) in [7, 11) is 0. The first kappa shape index (κ1) is 20.1. The molecule has 3 rings (SSSR count). The van der Waals surface area contributed by atoms with Gasteiger partial charge in [-0.05, 0) is 36.4 Å². The van der Waals surface area contributed by atoms with Crippen molar-refractivity contribution in [3.63, 3.8) is 0 Å². The van der Waals surface area contributed by atoms with Gasteiger partial charge in [0.25, 0.3) is 0 Å². The minimum Gasteiger partial charge on any atom is -0.406 e.